The SMILES string of the molecule is C=C(CCO)C(=O)[O-].C=Cc1ccccc1.[K+]. The maximum absolute atomic E-state index is 9.77. The number of hydrogen-bond acceptors (Lipinski definition) is 3. The van der Waals surface area contributed by atoms with Gasteiger partial charge < -0.3 is 15.0 Å². The second kappa shape index (κ2) is 12.2. The van der Waals surface area contributed by atoms with Crippen molar-refractivity contribution in [3.05, 3.63) is 54.6 Å². The molecule has 3 nitrogen and oxygen atoms in total. The van der Waals surface area contributed by atoms with Crippen molar-refractivity contribution < 1.29 is 66.4 Å². The molecule has 4 heteroatoms. The van der Waals surface area contributed by atoms with E-state index in [2.05, 4.69) is 13.2 Å². The molecule has 86 valence electrons. The Labute approximate surface area is 144 Å². The predicted molar refractivity (Wildman–Crippen MR) is 62.4 cm³/mol. The third-order valence-electron chi connectivity index (χ3n) is 1.74. The van der Waals surface area contributed by atoms with Crippen LogP contribution >= 0.6 is 0 Å². The minimum absolute atomic E-state index is 0. The van der Waals surface area contributed by atoms with Crippen LogP contribution in [0.25, 0.3) is 6.08 Å². The minimum atomic E-state index is -1.29. The molecule has 0 aliphatic heterocycles. The minimum Gasteiger partial charge on any atom is -0.545 e. The monoisotopic (exact) mass is 258 g/mol. The fourth-order valence-corrected chi connectivity index (χ4v) is 0.826. The molecule has 0 aromatic heterocycles. The van der Waals surface area contributed by atoms with Gasteiger partial charge in [0.05, 0.1) is 5.97 Å². The molecule has 1 rings (SSSR count). The summed E-state index contributed by atoms with van der Waals surface area (Å²) in [4.78, 5) is 9.77. The number of hydrogen-bond donors (Lipinski definition) is 1. The summed E-state index contributed by atoms with van der Waals surface area (Å²) in [5.41, 5.74) is 1.11. The van der Waals surface area contributed by atoms with Crippen LogP contribution in [-0.4, -0.2) is 17.7 Å². The molecule has 0 saturated carbocycles. The Morgan fingerprint density at radius 2 is 1.88 bits per heavy atom. The van der Waals surface area contributed by atoms with Crippen molar-refractivity contribution in [2.75, 3.05) is 6.61 Å². The van der Waals surface area contributed by atoms with Crippen LogP contribution < -0.4 is 56.5 Å². The molecular weight excluding hydrogens is 243 g/mol. The van der Waals surface area contributed by atoms with Gasteiger partial charge in [-0.1, -0.05) is 49.6 Å². The smallest absolute Gasteiger partial charge is 0.545 e. The number of carboxylic acids is 1. The maximum atomic E-state index is 9.77. The van der Waals surface area contributed by atoms with Crippen LogP contribution in [0, 0.1) is 0 Å². The average molecular weight is 258 g/mol. The van der Waals surface area contributed by atoms with Crippen LogP contribution in [0.2, 0.25) is 0 Å². The zero-order valence-corrected chi connectivity index (χ0v) is 13.2. The number of aliphatic hydroxyl groups is 1. The van der Waals surface area contributed by atoms with Crippen LogP contribution in [0.5, 0.6) is 0 Å². The molecule has 0 spiro atoms. The molecule has 0 saturated heterocycles. The Bertz CT molecular complexity index is 347. The van der Waals surface area contributed by atoms with Crippen LogP contribution in [0.15, 0.2) is 49.1 Å². The van der Waals surface area contributed by atoms with Crippen molar-refractivity contribution in [2.45, 2.75) is 6.42 Å². The van der Waals surface area contributed by atoms with Crippen LogP contribution in [0.3, 0.4) is 0 Å². The standard InChI is InChI=1S/C8H8.C5H8O3.K/c1-2-8-6-4-3-5-7-8;1-4(2-3-6)5(7)8;/h2-7H,1H2;6H,1-3H2,(H,7,8);/q;;+1/p-1. The first-order valence-electron chi connectivity index (χ1n) is 4.79. The van der Waals surface area contributed by atoms with E-state index < -0.39 is 5.97 Å². The van der Waals surface area contributed by atoms with Gasteiger partial charge in [0.1, 0.15) is 0 Å². The van der Waals surface area contributed by atoms with E-state index in [1.165, 1.54) is 5.56 Å². The summed E-state index contributed by atoms with van der Waals surface area (Å²) in [6, 6.07) is 10.0. The topological polar surface area (TPSA) is 60.4 Å². The van der Waals surface area contributed by atoms with E-state index in [4.69, 9.17) is 5.11 Å². The van der Waals surface area contributed by atoms with E-state index in [-0.39, 0.29) is 70.0 Å². The van der Waals surface area contributed by atoms with Crippen LogP contribution in [0.4, 0.5) is 0 Å². The Morgan fingerprint density at radius 1 is 1.35 bits per heavy atom. The van der Waals surface area contributed by atoms with E-state index in [1.807, 2.05) is 36.4 Å². The Hall–Kier alpha value is -0.234. The van der Waals surface area contributed by atoms with E-state index in [9.17, 15) is 9.90 Å². The molecule has 0 unspecified atom stereocenters. The first-order valence-corrected chi connectivity index (χ1v) is 4.79. The van der Waals surface area contributed by atoms with Crippen molar-refractivity contribution in [3.8, 4) is 0 Å². The van der Waals surface area contributed by atoms with Gasteiger partial charge in [-0.05, 0) is 17.6 Å². The summed E-state index contributed by atoms with van der Waals surface area (Å²) in [6.07, 6.45) is 1.92. The molecule has 0 aliphatic rings. The summed E-state index contributed by atoms with van der Waals surface area (Å²) in [5, 5.41) is 17.9. The number of carbonyl (C=O) groups is 1. The zero-order valence-electron chi connectivity index (χ0n) is 10.1. The summed E-state index contributed by atoms with van der Waals surface area (Å²) in [7, 11) is 0. The van der Waals surface area contributed by atoms with Gasteiger partial charge in [0.15, 0.2) is 0 Å². The number of aliphatic hydroxyl groups excluding tert-OH is 1. The largest absolute Gasteiger partial charge is 1.00 e. The number of carbonyl (C=O) groups excluding carboxylic acids is 1. The molecule has 1 aromatic rings. The molecule has 0 fully saturated rings. The third kappa shape index (κ3) is 10.6. The van der Waals surface area contributed by atoms with Gasteiger partial charge in [-0.2, -0.15) is 0 Å². The van der Waals surface area contributed by atoms with Crippen molar-refractivity contribution in [3.63, 3.8) is 0 Å². The number of benzene rings is 1. The molecule has 0 amide bonds. The quantitative estimate of drug-likeness (QED) is 0.502. The van der Waals surface area contributed by atoms with Crippen molar-refractivity contribution in [2.24, 2.45) is 0 Å². The molecule has 0 radical (unpaired) electrons. The van der Waals surface area contributed by atoms with E-state index in [1.54, 1.807) is 0 Å². The average Bonchev–Trinajstić information content (AvgIpc) is 2.31. The Kier molecular flexibility index (Phi) is 13.8. The second-order valence-corrected chi connectivity index (χ2v) is 2.98. The van der Waals surface area contributed by atoms with Crippen LogP contribution in [0.1, 0.15) is 12.0 Å². The van der Waals surface area contributed by atoms with E-state index in [0.29, 0.717) is 0 Å². The number of aliphatic carboxylic acids is 1. The zero-order chi connectivity index (χ0) is 12.4. The Morgan fingerprint density at radius 3 is 2.12 bits per heavy atom. The number of rotatable bonds is 4. The molecule has 0 heterocycles. The van der Waals surface area contributed by atoms with E-state index >= 15 is 0 Å². The second-order valence-electron chi connectivity index (χ2n) is 2.98. The van der Waals surface area contributed by atoms with Crippen molar-refractivity contribution in [1.29, 1.82) is 0 Å². The summed E-state index contributed by atoms with van der Waals surface area (Å²) < 4.78 is 0. The first-order chi connectivity index (χ1) is 7.61. The van der Waals surface area contributed by atoms with E-state index in [0.717, 1.165) is 0 Å². The summed E-state index contributed by atoms with van der Waals surface area (Å²) >= 11 is 0. The Balaban J connectivity index is 0. The van der Waals surface area contributed by atoms with Gasteiger partial charge in [-0.3, -0.25) is 0 Å². The number of carboxylic acid groups (broad SMARTS) is 1. The van der Waals surface area contributed by atoms with Gasteiger partial charge in [0.2, 0.25) is 0 Å². The normalized spacial score (nSPS) is 8.06. The third-order valence-corrected chi connectivity index (χ3v) is 1.74. The van der Waals surface area contributed by atoms with Crippen LogP contribution in [-0.2, 0) is 4.79 Å². The van der Waals surface area contributed by atoms with Gasteiger partial charge >= 0.3 is 51.4 Å². The fourth-order valence-electron chi connectivity index (χ4n) is 0.826. The van der Waals surface area contributed by atoms with Crippen molar-refractivity contribution >= 4 is 12.0 Å². The van der Waals surface area contributed by atoms with Gasteiger partial charge in [-0.15, -0.1) is 0 Å². The van der Waals surface area contributed by atoms with Gasteiger partial charge in [-0.25, -0.2) is 0 Å². The van der Waals surface area contributed by atoms with Gasteiger partial charge in [0, 0.05) is 6.61 Å². The predicted octanol–water partition coefficient (Wildman–Crippen LogP) is -1.99. The molecule has 1 aromatic carbocycles. The molecular formula is C13H15KO3. The summed E-state index contributed by atoms with van der Waals surface area (Å²) in [5.74, 6) is -1.29. The molecule has 1 N–H and O–H groups in total. The summed E-state index contributed by atoms with van der Waals surface area (Å²) in [6.45, 7) is 6.57. The maximum Gasteiger partial charge on any atom is 1.00 e. The first kappa shape index (κ1) is 19.1. The van der Waals surface area contributed by atoms with Gasteiger partial charge in [0.25, 0.3) is 0 Å². The molecule has 0 bridgehead atoms. The van der Waals surface area contributed by atoms with Crippen molar-refractivity contribution in [1.82, 2.24) is 0 Å². The molecule has 0 atom stereocenters. The molecule has 0 aliphatic carbocycles. The fraction of sp³-hybridized carbons (Fsp3) is 0.154. The molecule has 17 heavy (non-hydrogen) atoms.